The fraction of sp³-hybridized carbons (Fsp3) is 0.160. The van der Waals surface area contributed by atoms with Crippen molar-refractivity contribution in [1.29, 1.82) is 0 Å². The number of ether oxygens (including phenoxy) is 1. The summed E-state index contributed by atoms with van der Waals surface area (Å²) < 4.78 is 5.44. The fourth-order valence-electron chi connectivity index (χ4n) is 4.04. The first-order chi connectivity index (χ1) is 16.1. The van der Waals surface area contributed by atoms with Gasteiger partial charge < -0.3 is 20.5 Å². The maximum absolute atomic E-state index is 12.4. The highest BCUT2D eigenvalue weighted by Gasteiger charge is 2.29. The first kappa shape index (κ1) is 22.5. The summed E-state index contributed by atoms with van der Waals surface area (Å²) in [6.07, 6.45) is -0.696. The van der Waals surface area contributed by atoms with Crippen molar-refractivity contribution in [3.8, 4) is 11.1 Å². The Labute approximate surface area is 194 Å². The number of benzene rings is 3. The highest BCUT2D eigenvalue weighted by Crippen LogP contribution is 2.44. The largest absolute Gasteiger partial charge is 0.449 e. The predicted octanol–water partition coefficient (Wildman–Crippen LogP) is 3.29. The molecule has 2 atom stereocenters. The van der Waals surface area contributed by atoms with E-state index in [1.807, 2.05) is 42.5 Å². The maximum atomic E-state index is 12.4. The molecule has 0 aromatic heterocycles. The van der Waals surface area contributed by atoms with Crippen LogP contribution in [0.5, 0.6) is 0 Å². The van der Waals surface area contributed by atoms with Gasteiger partial charge in [0, 0.05) is 5.92 Å². The van der Waals surface area contributed by atoms with E-state index in [0.29, 0.717) is 5.56 Å². The van der Waals surface area contributed by atoms with Crippen LogP contribution in [0.15, 0.2) is 78.9 Å². The summed E-state index contributed by atoms with van der Waals surface area (Å²) in [7, 11) is 2.12. The summed E-state index contributed by atoms with van der Waals surface area (Å²) in [5.41, 5.74) is 5.13. The molecule has 0 spiro atoms. The minimum atomic E-state index is -0.875. The van der Waals surface area contributed by atoms with Gasteiger partial charge in [-0.2, -0.15) is 0 Å². The van der Waals surface area contributed by atoms with Crippen LogP contribution in [-0.4, -0.2) is 31.1 Å². The molecule has 0 bridgehead atoms. The van der Waals surface area contributed by atoms with E-state index < -0.39 is 18.0 Å². The van der Waals surface area contributed by atoms with Crippen LogP contribution in [0.2, 0.25) is 0 Å². The lowest BCUT2D eigenvalue weighted by atomic mass is 9.98. The van der Waals surface area contributed by atoms with Gasteiger partial charge in [-0.1, -0.05) is 78.9 Å². The second-order valence-electron chi connectivity index (χ2n) is 7.60. The summed E-state index contributed by atoms with van der Waals surface area (Å²) in [6.45, 7) is -0.159. The first-order valence-corrected chi connectivity index (χ1v) is 11.1. The van der Waals surface area contributed by atoms with E-state index in [0.717, 1.165) is 22.3 Å². The summed E-state index contributed by atoms with van der Waals surface area (Å²) >= 11 is 0. The van der Waals surface area contributed by atoms with E-state index in [1.165, 1.54) is 0 Å². The highest BCUT2D eigenvalue weighted by molar-refractivity contribution is 7.15. The van der Waals surface area contributed by atoms with Gasteiger partial charge in [0.15, 0.2) is 0 Å². The first-order valence-electron chi connectivity index (χ1n) is 10.5. The monoisotopic (exact) mass is 461 g/mol. The Balaban J connectivity index is 1.33. The number of alkyl carbamates (subject to hydrolysis) is 1. The number of hydrogen-bond acceptors (Lipinski definition) is 4. The Kier molecular flexibility index (Phi) is 7.01. The molecule has 3 N–H and O–H groups in total. The molecule has 0 fully saturated rings. The molecule has 3 aromatic carbocycles. The van der Waals surface area contributed by atoms with Gasteiger partial charge in [-0.3, -0.25) is 9.59 Å². The second kappa shape index (κ2) is 10.3. The van der Waals surface area contributed by atoms with Crippen molar-refractivity contribution in [2.24, 2.45) is 0 Å². The molecule has 4 rings (SSSR count). The minimum absolute atomic E-state index is 0.0646. The molecule has 8 heteroatoms. The smallest absolute Gasteiger partial charge is 0.407 e. The topological polar surface area (TPSA) is 96.5 Å². The summed E-state index contributed by atoms with van der Waals surface area (Å²) in [5.74, 6) is -0.961. The Hall–Kier alpha value is -3.70. The zero-order valence-corrected chi connectivity index (χ0v) is 18.9. The number of fused-ring (bicyclic) bond motifs is 3. The lowest BCUT2D eigenvalue weighted by molar-refractivity contribution is -0.127. The maximum Gasteiger partial charge on any atom is 0.407 e. The molecule has 3 aromatic rings. The van der Waals surface area contributed by atoms with E-state index in [9.17, 15) is 14.4 Å². The lowest BCUT2D eigenvalue weighted by Gasteiger charge is -2.18. The Bertz CT molecular complexity index is 1120. The lowest BCUT2D eigenvalue weighted by Crippen LogP contribution is -2.43. The van der Waals surface area contributed by atoms with Crippen molar-refractivity contribution in [3.05, 3.63) is 95.6 Å². The van der Waals surface area contributed by atoms with Crippen LogP contribution in [0.4, 0.5) is 4.79 Å². The van der Waals surface area contributed by atoms with Gasteiger partial charge in [-0.25, -0.2) is 4.79 Å². The van der Waals surface area contributed by atoms with Crippen molar-refractivity contribution in [3.63, 3.8) is 0 Å². The van der Waals surface area contributed by atoms with Crippen LogP contribution >= 0.6 is 9.39 Å². The van der Waals surface area contributed by atoms with Crippen LogP contribution in [0.3, 0.4) is 0 Å². The zero-order valence-electron chi connectivity index (χ0n) is 17.8. The molecular formula is C25H24N3O4P. The molecule has 1 aliphatic rings. The van der Waals surface area contributed by atoms with Gasteiger partial charge in [-0.05, 0) is 37.2 Å². The molecule has 3 amide bonds. The summed E-state index contributed by atoms with van der Waals surface area (Å²) in [4.78, 5) is 36.8. The van der Waals surface area contributed by atoms with E-state index >= 15 is 0 Å². The third-order valence-electron chi connectivity index (χ3n) is 5.58. The number of rotatable bonds is 7. The molecule has 2 unspecified atom stereocenters. The molecular weight excluding hydrogens is 437 g/mol. The van der Waals surface area contributed by atoms with E-state index in [4.69, 9.17) is 4.74 Å². The second-order valence-corrected chi connectivity index (χ2v) is 7.89. The number of carbonyl (C=O) groups is 3. The standard InChI is InChI=1S/C25H24N3O4P/c29-22(27-23(24(30)28-33)16-8-2-1-3-9-16)14-26-25(31)32-15-21-19-12-6-4-10-17(19)18-11-5-7-13-20(18)21/h1-13,21,23H,14-15,33H2,(H,26,31)(H,27,29)(H,28,30). The van der Waals surface area contributed by atoms with Crippen molar-refractivity contribution in [2.45, 2.75) is 12.0 Å². The number of carbonyl (C=O) groups excluding carboxylic acids is 3. The number of nitrogens with one attached hydrogen (secondary N) is 3. The van der Waals surface area contributed by atoms with Crippen molar-refractivity contribution < 1.29 is 19.1 Å². The van der Waals surface area contributed by atoms with Crippen LogP contribution in [0.1, 0.15) is 28.7 Å². The van der Waals surface area contributed by atoms with Gasteiger partial charge in [0.25, 0.3) is 0 Å². The zero-order chi connectivity index (χ0) is 23.2. The average molecular weight is 461 g/mol. The Morgan fingerprint density at radius 2 is 1.42 bits per heavy atom. The van der Waals surface area contributed by atoms with Gasteiger partial charge in [0.1, 0.15) is 19.2 Å². The van der Waals surface area contributed by atoms with E-state index in [2.05, 4.69) is 37.2 Å². The SMILES string of the molecule is O=C(CNC(=O)OCC1c2ccccc2-c2ccccc21)NC(C(=O)NP)c1ccccc1. The molecule has 1 aliphatic carbocycles. The molecule has 0 aliphatic heterocycles. The third-order valence-corrected chi connectivity index (χ3v) is 5.86. The van der Waals surface area contributed by atoms with Crippen LogP contribution in [-0.2, 0) is 14.3 Å². The van der Waals surface area contributed by atoms with E-state index in [1.54, 1.807) is 24.3 Å². The summed E-state index contributed by atoms with van der Waals surface area (Å²) in [5, 5.41) is 7.54. The molecule has 0 saturated heterocycles. The van der Waals surface area contributed by atoms with Crippen molar-refractivity contribution in [1.82, 2.24) is 15.7 Å². The highest BCUT2D eigenvalue weighted by atomic mass is 31.0. The molecule has 0 radical (unpaired) electrons. The minimum Gasteiger partial charge on any atom is -0.449 e. The number of hydrogen-bond donors (Lipinski definition) is 3. The van der Waals surface area contributed by atoms with Gasteiger partial charge in [0.05, 0.1) is 0 Å². The van der Waals surface area contributed by atoms with Gasteiger partial charge >= 0.3 is 6.09 Å². The Morgan fingerprint density at radius 3 is 2.03 bits per heavy atom. The van der Waals surface area contributed by atoms with Gasteiger partial charge in [0.2, 0.25) is 11.8 Å². The van der Waals surface area contributed by atoms with Crippen LogP contribution < -0.4 is 15.7 Å². The fourth-order valence-corrected chi connectivity index (χ4v) is 4.21. The number of amides is 3. The Morgan fingerprint density at radius 1 is 0.848 bits per heavy atom. The average Bonchev–Trinajstić information content (AvgIpc) is 3.18. The molecule has 33 heavy (non-hydrogen) atoms. The molecule has 168 valence electrons. The van der Waals surface area contributed by atoms with E-state index in [-0.39, 0.29) is 25.0 Å². The quantitative estimate of drug-likeness (QED) is 0.471. The molecule has 0 saturated carbocycles. The van der Waals surface area contributed by atoms with Gasteiger partial charge in [-0.15, -0.1) is 0 Å². The molecule has 7 nitrogen and oxygen atoms in total. The van der Waals surface area contributed by atoms with Crippen molar-refractivity contribution >= 4 is 27.3 Å². The molecule has 0 heterocycles. The van der Waals surface area contributed by atoms with Crippen molar-refractivity contribution in [2.75, 3.05) is 13.2 Å². The normalized spacial score (nSPS) is 12.8. The predicted molar refractivity (Wildman–Crippen MR) is 128 cm³/mol. The van der Waals surface area contributed by atoms with Crippen LogP contribution in [0, 0.1) is 0 Å². The third kappa shape index (κ3) is 5.04. The van der Waals surface area contributed by atoms with Crippen LogP contribution in [0.25, 0.3) is 11.1 Å². The summed E-state index contributed by atoms with van der Waals surface area (Å²) in [6, 6.07) is 24.1.